The van der Waals surface area contributed by atoms with Crippen molar-refractivity contribution in [3.8, 4) is 0 Å². The smallest absolute Gasteiger partial charge is 0.229 e. The molecule has 0 aliphatic carbocycles. The van der Waals surface area contributed by atoms with Crippen LogP contribution in [0, 0.1) is 0 Å². The molecule has 0 atom stereocenters. The van der Waals surface area contributed by atoms with E-state index in [9.17, 15) is 4.79 Å². The van der Waals surface area contributed by atoms with E-state index in [0.29, 0.717) is 5.75 Å². The van der Waals surface area contributed by atoms with Crippen molar-refractivity contribution in [2.75, 3.05) is 18.6 Å². The average Bonchev–Trinajstić information content (AvgIpc) is 2.25. The molecule has 1 aromatic rings. The van der Waals surface area contributed by atoms with Crippen LogP contribution < -0.4 is 5.32 Å². The van der Waals surface area contributed by atoms with Gasteiger partial charge in [0.15, 0.2) is 0 Å². The molecule has 1 N–H and O–H groups in total. The summed E-state index contributed by atoms with van der Waals surface area (Å²) in [6.07, 6.45) is 1.03. The van der Waals surface area contributed by atoms with Gasteiger partial charge in [-0.3, -0.25) is 4.79 Å². The van der Waals surface area contributed by atoms with Crippen molar-refractivity contribution < 1.29 is 4.79 Å². The van der Waals surface area contributed by atoms with Crippen molar-refractivity contribution in [2.45, 2.75) is 6.42 Å². The predicted octanol–water partition coefficient (Wildman–Crippen LogP) is 1.71. The summed E-state index contributed by atoms with van der Waals surface area (Å²) >= 11 is 1.67. The van der Waals surface area contributed by atoms with E-state index in [1.54, 1.807) is 18.8 Å². The molecule has 76 valence electrons. The van der Waals surface area contributed by atoms with Gasteiger partial charge < -0.3 is 5.32 Å². The molecule has 0 aliphatic heterocycles. The van der Waals surface area contributed by atoms with Gasteiger partial charge in [-0.15, -0.1) is 0 Å². The Kier molecular flexibility index (Phi) is 5.15. The van der Waals surface area contributed by atoms with Crippen LogP contribution in [0.25, 0.3) is 0 Å². The highest BCUT2D eigenvalue weighted by Gasteiger charge is 1.97. The van der Waals surface area contributed by atoms with Crippen LogP contribution in [0.3, 0.4) is 0 Å². The van der Waals surface area contributed by atoms with Crippen molar-refractivity contribution in [3.05, 3.63) is 35.9 Å². The van der Waals surface area contributed by atoms with Crippen LogP contribution in [0.2, 0.25) is 0 Å². The van der Waals surface area contributed by atoms with Gasteiger partial charge in [0.05, 0.1) is 5.75 Å². The van der Waals surface area contributed by atoms with E-state index in [2.05, 4.69) is 17.4 Å². The highest BCUT2D eigenvalue weighted by molar-refractivity contribution is 7.99. The molecule has 0 bridgehead atoms. The number of benzene rings is 1. The fourth-order valence-corrected chi connectivity index (χ4v) is 1.93. The van der Waals surface area contributed by atoms with Crippen LogP contribution in [0.1, 0.15) is 5.56 Å². The molecule has 0 saturated heterocycles. The van der Waals surface area contributed by atoms with Crippen LogP contribution >= 0.6 is 11.8 Å². The lowest BCUT2D eigenvalue weighted by Crippen LogP contribution is -2.20. The van der Waals surface area contributed by atoms with Crippen LogP contribution in [-0.4, -0.2) is 24.5 Å². The first-order valence-corrected chi connectivity index (χ1v) is 5.80. The molecule has 2 nitrogen and oxygen atoms in total. The van der Waals surface area contributed by atoms with Crippen LogP contribution in [0.4, 0.5) is 0 Å². The van der Waals surface area contributed by atoms with Crippen LogP contribution in [-0.2, 0) is 11.2 Å². The van der Waals surface area contributed by atoms with Gasteiger partial charge in [-0.25, -0.2) is 0 Å². The number of carbonyl (C=O) groups excluding carboxylic acids is 1. The zero-order valence-electron chi connectivity index (χ0n) is 8.32. The first kappa shape index (κ1) is 11.1. The number of thioether (sulfide) groups is 1. The van der Waals surface area contributed by atoms with E-state index in [1.807, 2.05) is 18.2 Å². The number of carbonyl (C=O) groups is 1. The first-order chi connectivity index (χ1) is 6.83. The molecule has 1 amide bonds. The normalized spacial score (nSPS) is 9.79. The maximum absolute atomic E-state index is 10.9. The molecule has 0 heterocycles. The van der Waals surface area contributed by atoms with Gasteiger partial charge in [0, 0.05) is 7.05 Å². The van der Waals surface area contributed by atoms with Gasteiger partial charge in [0.25, 0.3) is 0 Å². The minimum atomic E-state index is 0.100. The lowest BCUT2D eigenvalue weighted by molar-refractivity contribution is -0.118. The molecular weight excluding hydrogens is 194 g/mol. The predicted molar refractivity (Wildman–Crippen MR) is 61.5 cm³/mol. The third-order valence-corrected chi connectivity index (χ3v) is 2.85. The van der Waals surface area contributed by atoms with Gasteiger partial charge in [0.1, 0.15) is 0 Å². The van der Waals surface area contributed by atoms with Crippen molar-refractivity contribution in [1.29, 1.82) is 0 Å². The van der Waals surface area contributed by atoms with E-state index in [-0.39, 0.29) is 5.91 Å². The highest BCUT2D eigenvalue weighted by Crippen LogP contribution is 2.06. The SMILES string of the molecule is CNC(=O)CSCCc1ccccc1. The Morgan fingerprint density at radius 1 is 1.36 bits per heavy atom. The molecule has 0 spiro atoms. The molecule has 14 heavy (non-hydrogen) atoms. The van der Waals surface area contributed by atoms with Gasteiger partial charge in [0.2, 0.25) is 5.91 Å². The van der Waals surface area contributed by atoms with Crippen LogP contribution in [0.15, 0.2) is 30.3 Å². The van der Waals surface area contributed by atoms with Gasteiger partial charge in [-0.2, -0.15) is 11.8 Å². The Balaban J connectivity index is 2.13. The Morgan fingerprint density at radius 2 is 2.07 bits per heavy atom. The topological polar surface area (TPSA) is 29.1 Å². The fourth-order valence-electron chi connectivity index (χ4n) is 1.07. The number of hydrogen-bond acceptors (Lipinski definition) is 2. The molecule has 1 aromatic carbocycles. The summed E-state index contributed by atoms with van der Waals surface area (Å²) < 4.78 is 0. The summed E-state index contributed by atoms with van der Waals surface area (Å²) in [7, 11) is 1.67. The Labute approximate surface area is 89.1 Å². The van der Waals surface area contributed by atoms with E-state index in [4.69, 9.17) is 0 Å². The van der Waals surface area contributed by atoms with E-state index >= 15 is 0 Å². The second-order valence-electron chi connectivity index (χ2n) is 2.96. The Morgan fingerprint density at radius 3 is 2.71 bits per heavy atom. The Bertz CT molecular complexity index is 274. The van der Waals surface area contributed by atoms with Crippen molar-refractivity contribution in [1.82, 2.24) is 5.32 Å². The lowest BCUT2D eigenvalue weighted by atomic mass is 10.2. The maximum Gasteiger partial charge on any atom is 0.229 e. The zero-order valence-corrected chi connectivity index (χ0v) is 9.14. The molecule has 0 saturated carbocycles. The molecular formula is C11H15NOS. The molecule has 3 heteroatoms. The van der Waals surface area contributed by atoms with Gasteiger partial charge >= 0.3 is 0 Å². The molecule has 1 rings (SSSR count). The average molecular weight is 209 g/mol. The third kappa shape index (κ3) is 4.33. The standard InChI is InChI=1S/C11H15NOS/c1-12-11(13)9-14-8-7-10-5-3-2-4-6-10/h2-6H,7-9H2,1H3,(H,12,13). The van der Waals surface area contributed by atoms with Crippen molar-refractivity contribution >= 4 is 17.7 Å². The number of amides is 1. The monoisotopic (exact) mass is 209 g/mol. The molecule has 0 fully saturated rings. The number of hydrogen-bond donors (Lipinski definition) is 1. The number of rotatable bonds is 5. The highest BCUT2D eigenvalue weighted by atomic mass is 32.2. The Hall–Kier alpha value is -0.960. The van der Waals surface area contributed by atoms with Gasteiger partial charge in [-0.1, -0.05) is 30.3 Å². The third-order valence-electron chi connectivity index (χ3n) is 1.89. The quantitative estimate of drug-likeness (QED) is 0.748. The summed E-state index contributed by atoms with van der Waals surface area (Å²) in [5.74, 6) is 1.66. The molecule has 0 unspecified atom stereocenters. The largest absolute Gasteiger partial charge is 0.358 e. The molecule has 0 aliphatic rings. The van der Waals surface area contributed by atoms with E-state index in [0.717, 1.165) is 12.2 Å². The zero-order chi connectivity index (χ0) is 10.2. The lowest BCUT2D eigenvalue weighted by Gasteiger charge is -2.01. The van der Waals surface area contributed by atoms with Gasteiger partial charge in [-0.05, 0) is 17.7 Å². The van der Waals surface area contributed by atoms with E-state index in [1.165, 1.54) is 5.56 Å². The summed E-state index contributed by atoms with van der Waals surface area (Å²) in [4.78, 5) is 10.9. The number of nitrogens with one attached hydrogen (secondary N) is 1. The van der Waals surface area contributed by atoms with Crippen LogP contribution in [0.5, 0.6) is 0 Å². The summed E-state index contributed by atoms with van der Waals surface area (Å²) in [5.41, 5.74) is 1.33. The fraction of sp³-hybridized carbons (Fsp3) is 0.364. The minimum Gasteiger partial charge on any atom is -0.358 e. The maximum atomic E-state index is 10.9. The molecule has 0 radical (unpaired) electrons. The molecule has 0 aromatic heterocycles. The van der Waals surface area contributed by atoms with Crippen molar-refractivity contribution in [3.63, 3.8) is 0 Å². The first-order valence-electron chi connectivity index (χ1n) is 4.65. The number of aryl methyl sites for hydroxylation is 1. The van der Waals surface area contributed by atoms with Crippen molar-refractivity contribution in [2.24, 2.45) is 0 Å². The summed E-state index contributed by atoms with van der Waals surface area (Å²) in [6.45, 7) is 0. The summed E-state index contributed by atoms with van der Waals surface area (Å²) in [6, 6.07) is 10.3. The second-order valence-corrected chi connectivity index (χ2v) is 4.07. The van der Waals surface area contributed by atoms with E-state index < -0.39 is 0 Å². The minimum absolute atomic E-state index is 0.100. The second kappa shape index (κ2) is 6.49. The summed E-state index contributed by atoms with van der Waals surface area (Å²) in [5, 5.41) is 2.60.